The lowest BCUT2D eigenvalue weighted by atomic mass is 9.86. The Labute approximate surface area is 425 Å². The number of anilines is 2. The first-order valence-electron chi connectivity index (χ1n) is 24.9. The molecule has 12 heterocycles. The highest BCUT2D eigenvalue weighted by atomic mass is 16.5. The monoisotopic (exact) mass is 979 g/mol. The number of methoxy groups -OCH3 is 2. The van der Waals surface area contributed by atoms with Gasteiger partial charge in [-0.15, -0.1) is 0 Å². The number of piperazine rings is 2. The summed E-state index contributed by atoms with van der Waals surface area (Å²) >= 11 is 0. The second kappa shape index (κ2) is 21.8. The number of aryl methyl sites for hydroxylation is 4. The van der Waals surface area contributed by atoms with Crippen LogP contribution in [-0.4, -0.2) is 126 Å². The topological polar surface area (TPSA) is 192 Å². The number of carbonyl (C=O) groups is 1. The van der Waals surface area contributed by atoms with Crippen molar-refractivity contribution in [2.24, 2.45) is 0 Å². The van der Waals surface area contributed by atoms with E-state index in [1.165, 1.54) is 18.4 Å². The summed E-state index contributed by atoms with van der Waals surface area (Å²) in [6, 6.07) is 34.2. The van der Waals surface area contributed by atoms with Crippen LogP contribution < -0.4 is 24.6 Å². The van der Waals surface area contributed by atoms with E-state index >= 15 is 0 Å². The molecule has 6 aromatic heterocycles. The summed E-state index contributed by atoms with van der Waals surface area (Å²) in [7, 11) is 3.30. The van der Waals surface area contributed by atoms with Crippen LogP contribution in [0.3, 0.4) is 0 Å². The fourth-order valence-electron chi connectivity index (χ4n) is 10.1. The first-order valence-corrected chi connectivity index (χ1v) is 24.9. The van der Waals surface area contributed by atoms with E-state index in [1.807, 2.05) is 70.4 Å². The highest BCUT2D eigenvalue weighted by Crippen LogP contribution is 2.36. The number of aromatic amines is 2. The number of hydrogen-bond acceptors (Lipinski definition) is 15. The summed E-state index contributed by atoms with van der Waals surface area (Å²) in [5.41, 5.74) is 11.8. The largest absolute Gasteiger partial charge is 0.497 e. The smallest absolute Gasteiger partial charge is 0.161 e. The molecule has 0 radical (unpaired) electrons. The van der Waals surface area contributed by atoms with Crippen LogP contribution in [0.4, 0.5) is 11.6 Å². The molecule has 17 nitrogen and oxygen atoms in total. The van der Waals surface area contributed by atoms with E-state index in [4.69, 9.17) is 24.4 Å². The van der Waals surface area contributed by atoms with Crippen molar-refractivity contribution in [3.8, 4) is 34.3 Å². The van der Waals surface area contributed by atoms with Crippen molar-refractivity contribution < 1.29 is 14.3 Å². The van der Waals surface area contributed by atoms with E-state index < -0.39 is 0 Å². The van der Waals surface area contributed by atoms with Crippen molar-refractivity contribution >= 4 is 17.9 Å². The van der Waals surface area contributed by atoms with E-state index in [-0.39, 0.29) is 0 Å². The first kappa shape index (κ1) is 48.7. The average Bonchev–Trinajstić information content (AvgIpc) is 4.03. The summed E-state index contributed by atoms with van der Waals surface area (Å²) in [4.78, 5) is 45.9. The van der Waals surface area contributed by atoms with E-state index in [0.29, 0.717) is 48.4 Å². The van der Waals surface area contributed by atoms with Crippen LogP contribution in [-0.2, 0) is 19.4 Å². The third kappa shape index (κ3) is 11.9. The molecule has 0 amide bonds. The van der Waals surface area contributed by atoms with Gasteiger partial charge in [-0.25, -0.2) is 29.9 Å². The molecule has 4 bridgehead atoms. The third-order valence-electron chi connectivity index (χ3n) is 13.8. The molecule has 6 saturated heterocycles. The number of fused-ring (bicyclic) bond motifs is 4. The predicted octanol–water partition coefficient (Wildman–Crippen LogP) is 7.47. The van der Waals surface area contributed by atoms with E-state index in [1.54, 1.807) is 38.5 Å². The number of aldehydes is 1. The van der Waals surface area contributed by atoms with E-state index in [9.17, 15) is 4.79 Å². The molecule has 4 atom stereocenters. The lowest BCUT2D eigenvalue weighted by molar-refractivity contribution is -0.00868. The molecule has 8 aromatic rings. The van der Waals surface area contributed by atoms with Crippen molar-refractivity contribution in [2.75, 3.05) is 50.2 Å². The van der Waals surface area contributed by atoms with Gasteiger partial charge in [0.15, 0.2) is 11.6 Å². The zero-order chi connectivity index (χ0) is 50.4. The number of hydrogen-bond donors (Lipinski definition) is 3. The zero-order valence-corrected chi connectivity index (χ0v) is 42.3. The first-order chi connectivity index (χ1) is 35.5. The number of aromatic nitrogens is 10. The molecule has 6 aliphatic rings. The molecule has 14 rings (SSSR count). The molecule has 6 fully saturated rings. The number of H-pyrrole nitrogens is 2. The van der Waals surface area contributed by atoms with Gasteiger partial charge >= 0.3 is 0 Å². The number of benzene rings is 2. The molecule has 4 unspecified atom stereocenters. The van der Waals surface area contributed by atoms with Crippen LogP contribution in [0.15, 0.2) is 109 Å². The minimum atomic E-state index is 0.570. The molecule has 17 heteroatoms. The summed E-state index contributed by atoms with van der Waals surface area (Å²) in [5.74, 6) is 5.17. The van der Waals surface area contributed by atoms with Crippen molar-refractivity contribution in [2.45, 2.75) is 84.1 Å². The fourth-order valence-corrected chi connectivity index (χ4v) is 10.1. The maximum absolute atomic E-state index is 10.2. The standard InChI is InChI=1S/C28H31N7O.C20H23N7.C8H8O2/c1-18-10-22(12-23-11-19(2)32-33-23)31-28(30-18)21-6-9-27(29-14-21)34-16-24-13-25(17-34)35(24)15-20-4-7-26(36-3)8-5-20;1-12-5-15(7-16-6-13(2)25-26-16)24-20(22-12)14-3-4-19(21-9-14)27-10-17-8-18(11-27)23-17;1-10-8-4-2-7(6-9)3-5-8/h4-11,14,24-25H,12-13,15-17H2,1-3H3,(H,32,33);3-6,9,17-18,23H,7-8,10-11H2,1-2H3,(H,25,26);2-6H,1H3. The van der Waals surface area contributed by atoms with Gasteiger partial charge in [-0.2, -0.15) is 10.2 Å². The second-order valence-electron chi connectivity index (χ2n) is 19.5. The summed E-state index contributed by atoms with van der Waals surface area (Å²) in [6.45, 7) is 13.1. The van der Waals surface area contributed by atoms with Crippen LogP contribution in [0.25, 0.3) is 22.8 Å². The Morgan fingerprint density at radius 1 is 0.575 bits per heavy atom. The molecule has 73 heavy (non-hydrogen) atoms. The maximum atomic E-state index is 10.2. The molecule has 0 saturated carbocycles. The Hall–Kier alpha value is -7.89. The highest BCUT2D eigenvalue weighted by molar-refractivity contribution is 5.74. The van der Waals surface area contributed by atoms with Crippen LogP contribution >= 0.6 is 0 Å². The van der Waals surface area contributed by atoms with Crippen LogP contribution in [0.2, 0.25) is 0 Å². The minimum Gasteiger partial charge on any atom is -0.497 e. The minimum absolute atomic E-state index is 0.570. The number of carbonyl (C=O) groups excluding carboxylic acids is 1. The molecular formula is C56H62N14O3. The molecule has 374 valence electrons. The van der Waals surface area contributed by atoms with Gasteiger partial charge in [-0.3, -0.25) is 19.9 Å². The molecule has 0 aliphatic carbocycles. The van der Waals surface area contributed by atoms with Gasteiger partial charge in [0.25, 0.3) is 0 Å². The predicted molar refractivity (Wildman–Crippen MR) is 281 cm³/mol. The van der Waals surface area contributed by atoms with Gasteiger partial charge in [0.2, 0.25) is 0 Å². The highest BCUT2D eigenvalue weighted by Gasteiger charge is 2.44. The van der Waals surface area contributed by atoms with Crippen molar-refractivity contribution in [3.05, 3.63) is 166 Å². The van der Waals surface area contributed by atoms with Gasteiger partial charge in [0.1, 0.15) is 29.4 Å². The molecule has 0 spiro atoms. The Morgan fingerprint density at radius 2 is 1.05 bits per heavy atom. The van der Waals surface area contributed by atoms with Gasteiger partial charge in [0, 0.05) is 122 Å². The normalized spacial score (nSPS) is 18.5. The van der Waals surface area contributed by atoms with Crippen molar-refractivity contribution in [3.63, 3.8) is 0 Å². The molecule has 6 aliphatic heterocycles. The number of pyridine rings is 2. The maximum Gasteiger partial charge on any atom is 0.161 e. The van der Waals surface area contributed by atoms with Crippen LogP contribution in [0.1, 0.15) is 74.3 Å². The number of nitrogens with one attached hydrogen (secondary N) is 3. The van der Waals surface area contributed by atoms with Gasteiger partial charge in [0.05, 0.1) is 37.0 Å². The van der Waals surface area contributed by atoms with Gasteiger partial charge < -0.3 is 24.6 Å². The van der Waals surface area contributed by atoms with Crippen molar-refractivity contribution in [1.82, 2.24) is 60.5 Å². The molecular weight excluding hydrogens is 917 g/mol. The van der Waals surface area contributed by atoms with E-state index in [0.717, 1.165) is 125 Å². The average molecular weight is 979 g/mol. The second-order valence-corrected chi connectivity index (χ2v) is 19.5. The fraction of sp³-hybridized carbons (Fsp3) is 0.339. The Bertz CT molecular complexity index is 3100. The van der Waals surface area contributed by atoms with Crippen LogP contribution in [0.5, 0.6) is 11.5 Å². The number of rotatable bonds is 13. The summed E-state index contributed by atoms with van der Waals surface area (Å²) < 4.78 is 10.2. The quantitative estimate of drug-likeness (QED) is 0.0964. The van der Waals surface area contributed by atoms with E-state index in [2.05, 4.69) is 97.8 Å². The van der Waals surface area contributed by atoms with Crippen LogP contribution in [0, 0.1) is 27.7 Å². The SMILES string of the molecule is COc1ccc(C=O)cc1.COc1ccc(CN2C3CC2CN(c2ccc(-c4nc(C)cc(Cc5cc(C)[nH]n5)n4)cn2)C3)cc1.Cc1cc(Cc2cc(C)[nH]n2)nc(-c2ccc(N3CC4CC(C3)N4)nc2)n1. The van der Waals surface area contributed by atoms with Gasteiger partial charge in [-0.1, -0.05) is 12.1 Å². The lowest BCUT2D eigenvalue weighted by Gasteiger charge is -2.56. The van der Waals surface area contributed by atoms with Gasteiger partial charge in [-0.05, 0) is 131 Å². The molecule has 2 aromatic carbocycles. The third-order valence-corrected chi connectivity index (χ3v) is 13.8. The summed E-state index contributed by atoms with van der Waals surface area (Å²) in [5, 5.41) is 18.2. The lowest BCUT2D eigenvalue weighted by Crippen LogP contribution is -2.68. The number of nitrogens with zero attached hydrogens (tertiary/aromatic N) is 11. The Kier molecular flexibility index (Phi) is 14.6. The van der Waals surface area contributed by atoms with Crippen molar-refractivity contribution in [1.29, 1.82) is 0 Å². The Morgan fingerprint density at radius 3 is 1.48 bits per heavy atom. The number of ether oxygens (including phenoxy) is 2. The zero-order valence-electron chi connectivity index (χ0n) is 42.3. The Balaban J connectivity index is 0.000000145. The number of piperidine rings is 2. The summed E-state index contributed by atoms with van der Waals surface area (Å²) in [6.07, 6.45) is 8.53. The molecule has 3 N–H and O–H groups in total.